The molecule has 0 unspecified atom stereocenters. The van der Waals surface area contributed by atoms with Gasteiger partial charge < -0.3 is 5.11 Å². The third-order valence-corrected chi connectivity index (χ3v) is 7.11. The molecular formula is C13H20N2O4S2. The molecule has 118 valence electrons. The quantitative estimate of drug-likeness (QED) is 0.877. The average molecular weight is 332 g/mol. The minimum absolute atomic E-state index is 0.0124. The number of piperidine rings is 1. The minimum Gasteiger partial charge on any atom is -0.480 e. The van der Waals surface area contributed by atoms with Crippen molar-refractivity contribution in [1.82, 2.24) is 9.21 Å². The summed E-state index contributed by atoms with van der Waals surface area (Å²) in [5, 5.41) is 8.80. The van der Waals surface area contributed by atoms with E-state index in [9.17, 15) is 13.2 Å². The van der Waals surface area contributed by atoms with Crippen molar-refractivity contribution in [3.05, 3.63) is 17.0 Å². The van der Waals surface area contributed by atoms with Gasteiger partial charge in [-0.15, -0.1) is 11.3 Å². The van der Waals surface area contributed by atoms with Crippen LogP contribution in [-0.4, -0.2) is 61.4 Å². The minimum atomic E-state index is -3.40. The largest absolute Gasteiger partial charge is 0.480 e. The fourth-order valence-electron chi connectivity index (χ4n) is 2.54. The van der Waals surface area contributed by atoms with Gasteiger partial charge in [0.2, 0.25) is 0 Å². The fraction of sp³-hybridized carbons (Fsp3) is 0.615. The number of carbonyl (C=O) groups is 1. The number of aliphatic carboxylic acids is 1. The Labute approximate surface area is 129 Å². The lowest BCUT2D eigenvalue weighted by atomic mass is 10.1. The molecule has 0 radical (unpaired) electrons. The smallest absolute Gasteiger partial charge is 0.317 e. The molecule has 0 bridgehead atoms. The first-order valence-corrected chi connectivity index (χ1v) is 9.05. The molecule has 6 nitrogen and oxygen atoms in total. The molecule has 1 N–H and O–H groups in total. The summed E-state index contributed by atoms with van der Waals surface area (Å²) in [5.41, 5.74) is 0. The van der Waals surface area contributed by atoms with Crippen molar-refractivity contribution >= 4 is 27.3 Å². The van der Waals surface area contributed by atoms with Crippen LogP contribution in [0.4, 0.5) is 0 Å². The summed E-state index contributed by atoms with van der Waals surface area (Å²) in [7, 11) is -1.63. The summed E-state index contributed by atoms with van der Waals surface area (Å²) in [5.74, 6) is -0.860. The molecule has 0 atom stereocenters. The summed E-state index contributed by atoms with van der Waals surface area (Å²) in [4.78, 5) is 13.5. The Kier molecular flexibility index (Phi) is 5.03. The van der Waals surface area contributed by atoms with Gasteiger partial charge in [-0.05, 0) is 38.9 Å². The van der Waals surface area contributed by atoms with Gasteiger partial charge in [-0.25, -0.2) is 8.42 Å². The van der Waals surface area contributed by atoms with Crippen LogP contribution in [0.2, 0.25) is 0 Å². The topological polar surface area (TPSA) is 77.9 Å². The first kappa shape index (κ1) is 16.4. The molecule has 2 heterocycles. The van der Waals surface area contributed by atoms with Crippen LogP contribution in [0.3, 0.4) is 0 Å². The second kappa shape index (κ2) is 6.43. The fourth-order valence-corrected chi connectivity index (χ4v) is 5.45. The monoisotopic (exact) mass is 332 g/mol. The first-order valence-electron chi connectivity index (χ1n) is 6.79. The highest BCUT2D eigenvalue weighted by atomic mass is 32.2. The van der Waals surface area contributed by atoms with Gasteiger partial charge in [0.05, 0.1) is 6.54 Å². The number of thiophene rings is 1. The van der Waals surface area contributed by atoms with Crippen molar-refractivity contribution in [3.63, 3.8) is 0 Å². The van der Waals surface area contributed by atoms with E-state index in [4.69, 9.17) is 5.11 Å². The van der Waals surface area contributed by atoms with E-state index in [0.717, 1.165) is 4.88 Å². The number of hydrogen-bond acceptors (Lipinski definition) is 5. The maximum absolute atomic E-state index is 12.5. The zero-order chi connectivity index (χ0) is 15.6. The third kappa shape index (κ3) is 3.82. The SMILES string of the molecule is Cc1ccc(S(=O)(=O)N2CCC(N(C)CC(=O)O)CC2)s1. The lowest BCUT2D eigenvalue weighted by molar-refractivity contribution is -0.138. The molecule has 1 fully saturated rings. The highest BCUT2D eigenvalue weighted by Crippen LogP contribution is 2.27. The summed E-state index contributed by atoms with van der Waals surface area (Å²) >= 11 is 1.29. The molecule has 1 aliphatic heterocycles. The molecule has 0 aliphatic carbocycles. The van der Waals surface area contributed by atoms with Gasteiger partial charge in [0.1, 0.15) is 4.21 Å². The highest BCUT2D eigenvalue weighted by molar-refractivity contribution is 7.91. The highest BCUT2D eigenvalue weighted by Gasteiger charge is 2.31. The number of rotatable bonds is 5. The van der Waals surface area contributed by atoms with Gasteiger partial charge in [-0.3, -0.25) is 9.69 Å². The zero-order valence-electron chi connectivity index (χ0n) is 12.2. The number of nitrogens with zero attached hydrogens (tertiary/aromatic N) is 2. The van der Waals surface area contributed by atoms with Gasteiger partial charge in [0.25, 0.3) is 10.0 Å². The molecule has 0 aromatic carbocycles. The van der Waals surface area contributed by atoms with E-state index < -0.39 is 16.0 Å². The van der Waals surface area contributed by atoms with Gasteiger partial charge in [0.15, 0.2) is 0 Å². The number of aryl methyl sites for hydroxylation is 1. The van der Waals surface area contributed by atoms with Crippen LogP contribution in [0, 0.1) is 6.92 Å². The summed E-state index contributed by atoms with van der Waals surface area (Å²) in [6.45, 7) is 2.75. The van der Waals surface area contributed by atoms with Crippen molar-refractivity contribution in [2.24, 2.45) is 0 Å². The number of carboxylic acids is 1. The molecule has 8 heteroatoms. The van der Waals surface area contributed by atoms with Crippen LogP contribution in [0.1, 0.15) is 17.7 Å². The van der Waals surface area contributed by atoms with Gasteiger partial charge in [0, 0.05) is 24.0 Å². The maximum atomic E-state index is 12.5. The molecule has 1 aromatic rings. The Hall–Kier alpha value is -0.960. The van der Waals surface area contributed by atoms with E-state index in [1.807, 2.05) is 13.0 Å². The van der Waals surface area contributed by atoms with Gasteiger partial charge in [-0.2, -0.15) is 4.31 Å². The Bertz CT molecular complexity index is 603. The molecule has 0 amide bonds. The van der Waals surface area contributed by atoms with E-state index in [0.29, 0.717) is 30.1 Å². The number of sulfonamides is 1. The van der Waals surface area contributed by atoms with E-state index >= 15 is 0 Å². The summed E-state index contributed by atoms with van der Waals surface area (Å²) in [6, 6.07) is 3.58. The van der Waals surface area contributed by atoms with Gasteiger partial charge >= 0.3 is 5.97 Å². The van der Waals surface area contributed by atoms with Crippen LogP contribution in [0.25, 0.3) is 0 Å². The number of carboxylic acid groups (broad SMARTS) is 1. The molecule has 2 rings (SSSR count). The molecule has 21 heavy (non-hydrogen) atoms. The Morgan fingerprint density at radius 2 is 2.05 bits per heavy atom. The summed E-state index contributed by atoms with van der Waals surface area (Å²) in [6.07, 6.45) is 1.32. The van der Waals surface area contributed by atoms with Gasteiger partial charge in [-0.1, -0.05) is 0 Å². The normalized spacial score (nSPS) is 18.2. The molecule has 1 aromatic heterocycles. The van der Waals surface area contributed by atoms with Crippen LogP contribution < -0.4 is 0 Å². The Morgan fingerprint density at radius 3 is 2.52 bits per heavy atom. The lowest BCUT2D eigenvalue weighted by Gasteiger charge is -2.35. The molecule has 1 aliphatic rings. The van der Waals surface area contributed by atoms with Crippen molar-refractivity contribution in [2.75, 3.05) is 26.7 Å². The molecule has 0 saturated carbocycles. The van der Waals surface area contributed by atoms with Crippen LogP contribution >= 0.6 is 11.3 Å². The van der Waals surface area contributed by atoms with E-state index in [1.165, 1.54) is 15.6 Å². The van der Waals surface area contributed by atoms with Crippen LogP contribution in [-0.2, 0) is 14.8 Å². The maximum Gasteiger partial charge on any atom is 0.317 e. The average Bonchev–Trinajstić information content (AvgIpc) is 2.85. The number of likely N-dealkylation sites (N-methyl/N-ethyl adjacent to an activating group) is 1. The Morgan fingerprint density at radius 1 is 1.43 bits per heavy atom. The van der Waals surface area contributed by atoms with Crippen molar-refractivity contribution in [2.45, 2.75) is 30.0 Å². The lowest BCUT2D eigenvalue weighted by Crippen LogP contribution is -2.46. The van der Waals surface area contributed by atoms with Crippen molar-refractivity contribution in [1.29, 1.82) is 0 Å². The third-order valence-electron chi connectivity index (χ3n) is 3.74. The van der Waals surface area contributed by atoms with Crippen LogP contribution in [0.15, 0.2) is 16.3 Å². The van der Waals surface area contributed by atoms with E-state index in [-0.39, 0.29) is 12.6 Å². The van der Waals surface area contributed by atoms with Crippen molar-refractivity contribution in [3.8, 4) is 0 Å². The Balaban J connectivity index is 1.99. The predicted octanol–water partition coefficient (Wildman–Crippen LogP) is 1.23. The predicted molar refractivity (Wildman–Crippen MR) is 81.1 cm³/mol. The second-order valence-corrected chi connectivity index (χ2v) is 8.76. The standard InChI is InChI=1S/C13H20N2O4S2/c1-10-3-4-13(20-10)21(18,19)15-7-5-11(6-8-15)14(2)9-12(16)17/h3-4,11H,5-9H2,1-2H3,(H,16,17). The number of hydrogen-bond donors (Lipinski definition) is 1. The van der Waals surface area contributed by atoms with E-state index in [1.54, 1.807) is 18.0 Å². The van der Waals surface area contributed by atoms with E-state index in [2.05, 4.69) is 0 Å². The second-order valence-electron chi connectivity index (χ2n) is 5.31. The molecule has 1 saturated heterocycles. The summed E-state index contributed by atoms with van der Waals surface area (Å²) < 4.78 is 26.9. The van der Waals surface area contributed by atoms with Crippen LogP contribution in [0.5, 0.6) is 0 Å². The first-order chi connectivity index (χ1) is 9.80. The zero-order valence-corrected chi connectivity index (χ0v) is 13.8. The molecular weight excluding hydrogens is 312 g/mol. The van der Waals surface area contributed by atoms with Crippen molar-refractivity contribution < 1.29 is 18.3 Å². The molecule has 0 spiro atoms.